The fourth-order valence-corrected chi connectivity index (χ4v) is 3.44. The molecule has 2 N–H and O–H groups in total. The van der Waals surface area contributed by atoms with Crippen LogP contribution in [0.4, 0.5) is 5.69 Å². The second kappa shape index (κ2) is 7.07. The molecule has 0 radical (unpaired) electrons. The van der Waals surface area contributed by atoms with Crippen molar-refractivity contribution in [2.45, 2.75) is 19.4 Å². The van der Waals surface area contributed by atoms with Crippen LogP contribution in [0.5, 0.6) is 0 Å². The number of H-pyrrole nitrogens is 1. The number of amidine groups is 1. The van der Waals surface area contributed by atoms with Crippen LogP contribution in [0.1, 0.15) is 11.1 Å². The summed E-state index contributed by atoms with van der Waals surface area (Å²) in [7, 11) is 0. The molecule has 2 amide bonds. The number of hydrogen-bond donors (Lipinski definition) is 2. The van der Waals surface area contributed by atoms with Crippen LogP contribution in [0.25, 0.3) is 10.9 Å². The van der Waals surface area contributed by atoms with Crippen LogP contribution in [-0.2, 0) is 16.0 Å². The Morgan fingerprint density at radius 1 is 1.19 bits per heavy atom. The van der Waals surface area contributed by atoms with Crippen molar-refractivity contribution >= 4 is 34.7 Å². The summed E-state index contributed by atoms with van der Waals surface area (Å²) < 4.78 is 0. The molecule has 1 aromatic heterocycles. The molecule has 1 atom stereocenters. The molecule has 2 aromatic carbocycles. The lowest BCUT2D eigenvalue weighted by Gasteiger charge is -2.33. The van der Waals surface area contributed by atoms with Crippen LogP contribution < -0.4 is 5.32 Å². The third-order valence-electron chi connectivity index (χ3n) is 4.92. The number of nitrogens with zero attached hydrogens (tertiary/aromatic N) is 2. The number of carbonyl (C=O) groups is 2. The van der Waals surface area contributed by atoms with Crippen molar-refractivity contribution in [2.75, 3.05) is 6.54 Å². The molecule has 0 bridgehead atoms. The minimum atomic E-state index is -0.627. The van der Waals surface area contributed by atoms with E-state index >= 15 is 0 Å². The largest absolute Gasteiger partial charge is 0.361 e. The highest BCUT2D eigenvalue weighted by Crippen LogP contribution is 2.23. The standard InChI is InChI=1S/C21H20N4O2/c1-14-6-2-4-8-17(14)24-20-12-23-21(27)19(25(20)13-26)10-15-11-22-18-9-5-3-7-16(15)18/h2-9,11,13,19,22H,10,12H2,1H3,(H,23,27). The van der Waals surface area contributed by atoms with Gasteiger partial charge in [0.15, 0.2) is 0 Å². The quantitative estimate of drug-likeness (QED) is 0.702. The van der Waals surface area contributed by atoms with Crippen molar-refractivity contribution in [3.63, 3.8) is 0 Å². The van der Waals surface area contributed by atoms with Crippen LogP contribution in [0, 0.1) is 6.92 Å². The Kier molecular flexibility index (Phi) is 4.46. The number of amides is 2. The number of aromatic nitrogens is 1. The Morgan fingerprint density at radius 3 is 2.78 bits per heavy atom. The Labute approximate surface area is 156 Å². The van der Waals surface area contributed by atoms with E-state index in [4.69, 9.17) is 0 Å². The summed E-state index contributed by atoms with van der Waals surface area (Å²) in [4.78, 5) is 33.7. The number of aliphatic imine (C=N–C) groups is 1. The average Bonchev–Trinajstić information content (AvgIpc) is 3.09. The Bertz CT molecular complexity index is 1040. The zero-order valence-electron chi connectivity index (χ0n) is 15.0. The molecule has 1 aliphatic heterocycles. The van der Waals surface area contributed by atoms with E-state index in [2.05, 4.69) is 15.3 Å². The molecule has 0 aliphatic carbocycles. The van der Waals surface area contributed by atoms with Gasteiger partial charge in [0.2, 0.25) is 12.3 Å². The number of aromatic amines is 1. The van der Waals surface area contributed by atoms with E-state index in [1.54, 1.807) is 0 Å². The number of aryl methyl sites for hydroxylation is 1. The van der Waals surface area contributed by atoms with Crippen molar-refractivity contribution in [3.05, 3.63) is 65.9 Å². The lowest BCUT2D eigenvalue weighted by molar-refractivity contribution is -0.130. The van der Waals surface area contributed by atoms with Gasteiger partial charge in [-0.05, 0) is 30.2 Å². The molecule has 0 saturated carbocycles. The lowest BCUT2D eigenvalue weighted by Crippen LogP contribution is -2.58. The van der Waals surface area contributed by atoms with Crippen LogP contribution in [-0.4, -0.2) is 40.6 Å². The number of para-hydroxylation sites is 2. The van der Waals surface area contributed by atoms with Gasteiger partial charge in [0.05, 0.1) is 12.2 Å². The van der Waals surface area contributed by atoms with E-state index < -0.39 is 6.04 Å². The first-order valence-corrected chi connectivity index (χ1v) is 8.87. The summed E-state index contributed by atoms with van der Waals surface area (Å²) in [6.45, 7) is 2.20. The number of piperazine rings is 1. The second-order valence-electron chi connectivity index (χ2n) is 6.62. The van der Waals surface area contributed by atoms with E-state index in [0.29, 0.717) is 18.7 Å². The van der Waals surface area contributed by atoms with Gasteiger partial charge >= 0.3 is 0 Å². The maximum absolute atomic E-state index is 12.5. The SMILES string of the molecule is Cc1ccccc1N=C1CNC(=O)C(Cc2c[nH]c3ccccc23)N1C=O. The molecule has 3 aromatic rings. The summed E-state index contributed by atoms with van der Waals surface area (Å²) >= 11 is 0. The van der Waals surface area contributed by atoms with Crippen LogP contribution in [0.15, 0.2) is 59.7 Å². The molecule has 2 heterocycles. The minimum Gasteiger partial charge on any atom is -0.361 e. The first kappa shape index (κ1) is 17.0. The zero-order chi connectivity index (χ0) is 18.8. The fraction of sp³-hybridized carbons (Fsp3) is 0.190. The Balaban J connectivity index is 1.68. The lowest BCUT2D eigenvalue weighted by atomic mass is 10.0. The highest BCUT2D eigenvalue weighted by atomic mass is 16.2. The molecule has 1 unspecified atom stereocenters. The predicted octanol–water partition coefficient (Wildman–Crippen LogP) is 2.71. The highest BCUT2D eigenvalue weighted by molar-refractivity contribution is 6.04. The number of carbonyl (C=O) groups excluding carboxylic acids is 2. The molecule has 27 heavy (non-hydrogen) atoms. The van der Waals surface area contributed by atoms with Gasteiger partial charge in [0.25, 0.3) is 0 Å². The van der Waals surface area contributed by atoms with Gasteiger partial charge in [-0.2, -0.15) is 0 Å². The second-order valence-corrected chi connectivity index (χ2v) is 6.62. The summed E-state index contributed by atoms with van der Waals surface area (Å²) in [5.41, 5.74) is 3.81. The maximum Gasteiger partial charge on any atom is 0.243 e. The molecule has 1 aliphatic rings. The van der Waals surface area contributed by atoms with Gasteiger partial charge in [-0.1, -0.05) is 36.4 Å². The summed E-state index contributed by atoms with van der Waals surface area (Å²) in [5, 5.41) is 3.92. The number of fused-ring (bicyclic) bond motifs is 1. The smallest absolute Gasteiger partial charge is 0.243 e. The van der Waals surface area contributed by atoms with Crippen LogP contribution in [0.3, 0.4) is 0 Å². The van der Waals surface area contributed by atoms with Crippen LogP contribution in [0.2, 0.25) is 0 Å². The van der Waals surface area contributed by atoms with E-state index in [0.717, 1.165) is 27.7 Å². The topological polar surface area (TPSA) is 77.6 Å². The number of hydrogen-bond acceptors (Lipinski definition) is 3. The molecule has 1 saturated heterocycles. The Hall–Kier alpha value is -3.41. The van der Waals surface area contributed by atoms with E-state index in [-0.39, 0.29) is 12.5 Å². The fourth-order valence-electron chi connectivity index (χ4n) is 3.44. The van der Waals surface area contributed by atoms with E-state index in [1.807, 2.05) is 61.7 Å². The number of nitrogens with one attached hydrogen (secondary N) is 2. The molecular weight excluding hydrogens is 340 g/mol. The first-order valence-electron chi connectivity index (χ1n) is 8.87. The predicted molar refractivity (Wildman–Crippen MR) is 105 cm³/mol. The third kappa shape index (κ3) is 3.21. The van der Waals surface area contributed by atoms with Crippen molar-refractivity contribution < 1.29 is 9.59 Å². The van der Waals surface area contributed by atoms with Gasteiger partial charge in [0, 0.05) is 23.5 Å². The normalized spacial score (nSPS) is 18.7. The molecule has 4 rings (SSSR count). The highest BCUT2D eigenvalue weighted by Gasteiger charge is 2.33. The molecule has 1 fully saturated rings. The van der Waals surface area contributed by atoms with Crippen LogP contribution >= 0.6 is 0 Å². The molecule has 6 heteroatoms. The van der Waals surface area contributed by atoms with Crippen molar-refractivity contribution in [2.24, 2.45) is 4.99 Å². The minimum absolute atomic E-state index is 0.170. The monoisotopic (exact) mass is 360 g/mol. The number of benzene rings is 2. The average molecular weight is 360 g/mol. The van der Waals surface area contributed by atoms with Gasteiger partial charge < -0.3 is 10.3 Å². The van der Waals surface area contributed by atoms with E-state index in [1.165, 1.54) is 4.90 Å². The van der Waals surface area contributed by atoms with Crippen molar-refractivity contribution in [3.8, 4) is 0 Å². The van der Waals surface area contributed by atoms with Gasteiger partial charge in [-0.25, -0.2) is 4.99 Å². The van der Waals surface area contributed by atoms with Gasteiger partial charge in [-0.3, -0.25) is 14.5 Å². The summed E-state index contributed by atoms with van der Waals surface area (Å²) in [6.07, 6.45) is 3.02. The van der Waals surface area contributed by atoms with Gasteiger partial charge in [0.1, 0.15) is 11.9 Å². The first-order chi connectivity index (χ1) is 13.2. The van der Waals surface area contributed by atoms with Crippen molar-refractivity contribution in [1.82, 2.24) is 15.2 Å². The zero-order valence-corrected chi connectivity index (χ0v) is 15.0. The molecular formula is C21H20N4O2. The van der Waals surface area contributed by atoms with E-state index in [9.17, 15) is 9.59 Å². The summed E-state index contributed by atoms with van der Waals surface area (Å²) in [6, 6.07) is 15.0. The molecule has 6 nitrogen and oxygen atoms in total. The van der Waals surface area contributed by atoms with Crippen molar-refractivity contribution in [1.29, 1.82) is 0 Å². The molecule has 0 spiro atoms. The number of rotatable bonds is 4. The summed E-state index contributed by atoms with van der Waals surface area (Å²) in [5.74, 6) is 0.375. The third-order valence-corrected chi connectivity index (χ3v) is 4.92. The molecule has 136 valence electrons. The van der Waals surface area contributed by atoms with Gasteiger partial charge in [-0.15, -0.1) is 0 Å². The Morgan fingerprint density at radius 2 is 1.96 bits per heavy atom. The maximum atomic E-state index is 12.5.